The second-order valence-electron chi connectivity index (χ2n) is 9.26. The van der Waals surface area contributed by atoms with Crippen LogP contribution in [0.25, 0.3) is 0 Å². The molecule has 2 aliphatic heterocycles. The highest BCUT2D eigenvalue weighted by atomic mass is 16.5. The largest absolute Gasteiger partial charge is 0.497 e. The lowest BCUT2D eigenvalue weighted by molar-refractivity contribution is -0.151. The molecule has 0 radical (unpaired) electrons. The minimum absolute atomic E-state index is 0.101. The lowest BCUT2D eigenvalue weighted by Gasteiger charge is -2.43. The Kier molecular flexibility index (Phi) is 7.90. The SMILES string of the molecule is CCOC(=O)C1CCN(C(=O)[C@@H]2c3cc(OC)c(OC)cc3C(=O)N(C)[C@@H]2c2ccc(OC)cc2)CC1. The molecule has 1 saturated heterocycles. The van der Waals surface area contributed by atoms with Crippen LogP contribution < -0.4 is 14.2 Å². The smallest absolute Gasteiger partial charge is 0.309 e. The number of benzene rings is 2. The Morgan fingerprint density at radius 3 is 2.14 bits per heavy atom. The van der Waals surface area contributed by atoms with E-state index in [1.807, 2.05) is 24.3 Å². The van der Waals surface area contributed by atoms with Gasteiger partial charge in [-0.05, 0) is 55.2 Å². The third kappa shape index (κ3) is 4.95. The van der Waals surface area contributed by atoms with Gasteiger partial charge in [-0.15, -0.1) is 0 Å². The Hall–Kier alpha value is -3.75. The van der Waals surface area contributed by atoms with Gasteiger partial charge in [0.05, 0.1) is 45.8 Å². The van der Waals surface area contributed by atoms with Crippen molar-refractivity contribution in [2.24, 2.45) is 5.92 Å². The molecular formula is C28H34N2O7. The topological polar surface area (TPSA) is 94.6 Å². The number of methoxy groups -OCH3 is 3. The highest BCUT2D eigenvalue weighted by Gasteiger charge is 2.45. The minimum Gasteiger partial charge on any atom is -0.497 e. The van der Waals surface area contributed by atoms with E-state index in [4.69, 9.17) is 18.9 Å². The number of rotatable bonds is 7. The predicted molar refractivity (Wildman–Crippen MR) is 136 cm³/mol. The number of likely N-dealkylation sites (tertiary alicyclic amines) is 1. The molecule has 0 N–H and O–H groups in total. The van der Waals surface area contributed by atoms with Crippen LogP contribution in [0.4, 0.5) is 0 Å². The number of amides is 2. The van der Waals surface area contributed by atoms with Gasteiger partial charge in [0.2, 0.25) is 5.91 Å². The van der Waals surface area contributed by atoms with Crippen molar-refractivity contribution in [3.8, 4) is 17.2 Å². The first kappa shape index (κ1) is 26.3. The molecular weight excluding hydrogens is 476 g/mol. The highest BCUT2D eigenvalue weighted by molar-refractivity contribution is 6.02. The van der Waals surface area contributed by atoms with E-state index in [9.17, 15) is 14.4 Å². The van der Waals surface area contributed by atoms with E-state index in [1.54, 1.807) is 43.0 Å². The summed E-state index contributed by atoms with van der Waals surface area (Å²) >= 11 is 0. The lowest BCUT2D eigenvalue weighted by atomic mass is 9.78. The fourth-order valence-corrected chi connectivity index (χ4v) is 5.32. The zero-order valence-corrected chi connectivity index (χ0v) is 22.0. The second kappa shape index (κ2) is 11.1. The number of esters is 1. The maximum absolute atomic E-state index is 14.2. The maximum atomic E-state index is 14.2. The van der Waals surface area contributed by atoms with E-state index in [-0.39, 0.29) is 23.7 Å². The van der Waals surface area contributed by atoms with Crippen LogP contribution in [0.1, 0.15) is 53.2 Å². The molecule has 4 rings (SSSR count). The molecule has 2 aromatic carbocycles. The number of likely N-dealkylation sites (N-methyl/N-ethyl adjacent to an activating group) is 1. The number of nitrogens with zero attached hydrogens (tertiary/aromatic N) is 2. The lowest BCUT2D eigenvalue weighted by Crippen LogP contribution is -2.49. The molecule has 2 aromatic rings. The summed E-state index contributed by atoms with van der Waals surface area (Å²) in [6.07, 6.45) is 1.08. The van der Waals surface area contributed by atoms with Crippen molar-refractivity contribution in [2.45, 2.75) is 31.7 Å². The van der Waals surface area contributed by atoms with Gasteiger partial charge in [-0.1, -0.05) is 12.1 Å². The average molecular weight is 511 g/mol. The van der Waals surface area contributed by atoms with Crippen LogP contribution in [-0.2, 0) is 14.3 Å². The van der Waals surface area contributed by atoms with Crippen molar-refractivity contribution in [3.63, 3.8) is 0 Å². The maximum Gasteiger partial charge on any atom is 0.309 e. The molecule has 0 saturated carbocycles. The molecule has 2 atom stereocenters. The highest BCUT2D eigenvalue weighted by Crippen LogP contribution is 2.46. The monoisotopic (exact) mass is 510 g/mol. The first-order valence-electron chi connectivity index (χ1n) is 12.5. The number of carbonyl (C=O) groups excluding carboxylic acids is 3. The van der Waals surface area contributed by atoms with Crippen LogP contribution in [0.5, 0.6) is 17.2 Å². The fraction of sp³-hybridized carbons (Fsp3) is 0.464. The number of hydrogen-bond acceptors (Lipinski definition) is 7. The zero-order chi connectivity index (χ0) is 26.7. The molecule has 0 aliphatic carbocycles. The quantitative estimate of drug-likeness (QED) is 0.527. The standard InChI is InChI=1S/C28H34N2O7/c1-6-37-28(33)18-11-13-30(14-12-18)27(32)24-20-15-22(35-4)23(36-5)16-21(20)26(31)29(2)25(24)17-7-9-19(34-3)10-8-17/h7-10,15-16,18,24-25H,6,11-14H2,1-5H3/t24-,25-/m1/s1. The molecule has 37 heavy (non-hydrogen) atoms. The average Bonchev–Trinajstić information content (AvgIpc) is 2.94. The summed E-state index contributed by atoms with van der Waals surface area (Å²) in [5, 5.41) is 0. The molecule has 0 spiro atoms. The van der Waals surface area contributed by atoms with Crippen molar-refractivity contribution in [1.29, 1.82) is 0 Å². The molecule has 0 aromatic heterocycles. The van der Waals surface area contributed by atoms with Crippen LogP contribution in [-0.4, -0.2) is 75.7 Å². The van der Waals surface area contributed by atoms with E-state index in [2.05, 4.69) is 0 Å². The Balaban J connectivity index is 1.76. The molecule has 0 bridgehead atoms. The predicted octanol–water partition coefficient (Wildman–Crippen LogP) is 3.42. The van der Waals surface area contributed by atoms with E-state index >= 15 is 0 Å². The first-order valence-corrected chi connectivity index (χ1v) is 12.5. The number of hydrogen-bond donors (Lipinski definition) is 0. The van der Waals surface area contributed by atoms with Crippen molar-refractivity contribution in [2.75, 3.05) is 48.1 Å². The summed E-state index contributed by atoms with van der Waals surface area (Å²) in [6, 6.07) is 10.3. The summed E-state index contributed by atoms with van der Waals surface area (Å²) in [4.78, 5) is 43.4. The normalized spacial score (nSPS) is 19.8. The second-order valence-corrected chi connectivity index (χ2v) is 9.26. The molecule has 1 fully saturated rings. The Labute approximate surface area is 217 Å². The van der Waals surface area contributed by atoms with Crippen LogP contribution in [0.2, 0.25) is 0 Å². The molecule has 2 heterocycles. The van der Waals surface area contributed by atoms with Gasteiger partial charge < -0.3 is 28.7 Å². The van der Waals surface area contributed by atoms with Gasteiger partial charge in [0.15, 0.2) is 11.5 Å². The van der Waals surface area contributed by atoms with Crippen molar-refractivity contribution >= 4 is 17.8 Å². The number of carbonyl (C=O) groups is 3. The van der Waals surface area contributed by atoms with E-state index in [0.29, 0.717) is 60.9 Å². The van der Waals surface area contributed by atoms with Crippen molar-refractivity contribution in [3.05, 3.63) is 53.1 Å². The van der Waals surface area contributed by atoms with Crippen LogP contribution in [0.15, 0.2) is 36.4 Å². The molecule has 2 amide bonds. The summed E-state index contributed by atoms with van der Waals surface area (Å²) < 4.78 is 21.5. The van der Waals surface area contributed by atoms with Crippen molar-refractivity contribution < 1.29 is 33.3 Å². The number of fused-ring (bicyclic) bond motifs is 1. The zero-order valence-electron chi connectivity index (χ0n) is 22.0. The van der Waals surface area contributed by atoms with Crippen LogP contribution in [0.3, 0.4) is 0 Å². The van der Waals surface area contributed by atoms with E-state index in [0.717, 1.165) is 5.56 Å². The van der Waals surface area contributed by atoms with Gasteiger partial charge in [-0.3, -0.25) is 14.4 Å². The van der Waals surface area contributed by atoms with Gasteiger partial charge in [0.25, 0.3) is 5.91 Å². The Morgan fingerprint density at radius 1 is 0.946 bits per heavy atom. The minimum atomic E-state index is -0.676. The fourth-order valence-electron chi connectivity index (χ4n) is 5.32. The van der Waals surface area contributed by atoms with Gasteiger partial charge >= 0.3 is 5.97 Å². The number of ether oxygens (including phenoxy) is 4. The van der Waals surface area contributed by atoms with E-state index < -0.39 is 12.0 Å². The molecule has 0 unspecified atom stereocenters. The molecule has 198 valence electrons. The van der Waals surface area contributed by atoms with Gasteiger partial charge in [0, 0.05) is 25.7 Å². The van der Waals surface area contributed by atoms with Gasteiger partial charge in [-0.25, -0.2) is 0 Å². The molecule has 2 aliphatic rings. The summed E-state index contributed by atoms with van der Waals surface area (Å²) in [5.74, 6) is 0.148. The molecule has 9 nitrogen and oxygen atoms in total. The summed E-state index contributed by atoms with van der Waals surface area (Å²) in [6.45, 7) is 3.01. The van der Waals surface area contributed by atoms with Gasteiger partial charge in [0.1, 0.15) is 5.75 Å². The summed E-state index contributed by atoms with van der Waals surface area (Å²) in [5.41, 5.74) is 1.82. The Bertz CT molecular complexity index is 1160. The molecule has 9 heteroatoms. The van der Waals surface area contributed by atoms with Crippen molar-refractivity contribution in [1.82, 2.24) is 9.80 Å². The summed E-state index contributed by atoms with van der Waals surface area (Å²) in [7, 11) is 6.34. The van der Waals surface area contributed by atoms with Crippen LogP contribution in [0, 0.1) is 5.92 Å². The van der Waals surface area contributed by atoms with Crippen LogP contribution >= 0.6 is 0 Å². The van der Waals surface area contributed by atoms with E-state index in [1.165, 1.54) is 14.2 Å². The Morgan fingerprint density at radius 2 is 1.57 bits per heavy atom. The van der Waals surface area contributed by atoms with Gasteiger partial charge in [-0.2, -0.15) is 0 Å². The third-order valence-electron chi connectivity index (χ3n) is 7.32. The third-order valence-corrected chi connectivity index (χ3v) is 7.32. The number of piperidine rings is 1. The first-order chi connectivity index (χ1) is 17.8.